The van der Waals surface area contributed by atoms with E-state index in [1.54, 1.807) is 14.0 Å². The number of ether oxygens (including phenoxy) is 3. The van der Waals surface area contributed by atoms with Crippen molar-refractivity contribution < 1.29 is 24.1 Å². The van der Waals surface area contributed by atoms with Crippen LogP contribution in [0.3, 0.4) is 0 Å². The highest BCUT2D eigenvalue weighted by molar-refractivity contribution is 5.93. The Bertz CT molecular complexity index is 951. The molecule has 2 bridgehead atoms. The molecule has 0 unspecified atom stereocenters. The lowest BCUT2D eigenvalue weighted by molar-refractivity contribution is -0.135. The summed E-state index contributed by atoms with van der Waals surface area (Å²) in [5.41, 5.74) is 3.62. The van der Waals surface area contributed by atoms with Crippen molar-refractivity contribution >= 4 is 12.0 Å². The first-order valence-corrected chi connectivity index (χ1v) is 10.2. The highest BCUT2D eigenvalue weighted by Gasteiger charge is 2.64. The van der Waals surface area contributed by atoms with Crippen molar-refractivity contribution in [3.63, 3.8) is 0 Å². The molecule has 1 fully saturated rings. The van der Waals surface area contributed by atoms with Gasteiger partial charge >= 0.3 is 5.97 Å². The zero-order valence-corrected chi connectivity index (χ0v) is 17.3. The minimum atomic E-state index is -0.644. The molecule has 2 aliphatic heterocycles. The quantitative estimate of drug-likeness (QED) is 0.479. The number of nitrogens with zero attached hydrogens (tertiary/aromatic N) is 1. The van der Waals surface area contributed by atoms with Crippen LogP contribution in [0.25, 0.3) is 6.08 Å². The Kier molecular flexibility index (Phi) is 4.09. The predicted molar refractivity (Wildman–Crippen MR) is 108 cm³/mol. The molecule has 1 saturated heterocycles. The van der Waals surface area contributed by atoms with Gasteiger partial charge in [-0.05, 0) is 56.6 Å². The molecule has 154 valence electrons. The van der Waals surface area contributed by atoms with Crippen LogP contribution in [0.1, 0.15) is 30.0 Å². The lowest BCUT2D eigenvalue weighted by Gasteiger charge is -2.56. The summed E-state index contributed by atoms with van der Waals surface area (Å²) >= 11 is 0. The number of carbonyl (C=O) groups excluding carboxylic acids is 1. The first-order valence-electron chi connectivity index (χ1n) is 10.2. The molecule has 0 amide bonds. The van der Waals surface area contributed by atoms with Crippen LogP contribution >= 0.6 is 0 Å². The average Bonchev–Trinajstić information content (AvgIpc) is 3.07. The summed E-state index contributed by atoms with van der Waals surface area (Å²) < 4.78 is 17.0. The third-order valence-electron chi connectivity index (χ3n) is 7.40. The summed E-state index contributed by atoms with van der Waals surface area (Å²) in [6.07, 6.45) is 6.81. The Morgan fingerprint density at radius 2 is 2.17 bits per heavy atom. The highest BCUT2D eigenvalue weighted by Crippen LogP contribution is 2.63. The maximum absolute atomic E-state index is 12.0. The first kappa shape index (κ1) is 18.7. The number of benzene rings is 1. The average molecular weight is 397 g/mol. The molecule has 1 aromatic carbocycles. The van der Waals surface area contributed by atoms with Gasteiger partial charge in [-0.3, -0.25) is 0 Å². The molecular formula is C23H27NO5. The Morgan fingerprint density at radius 3 is 2.90 bits per heavy atom. The molecule has 0 saturated carbocycles. The van der Waals surface area contributed by atoms with Crippen molar-refractivity contribution in [1.82, 2.24) is 4.90 Å². The number of likely N-dealkylation sites (N-methyl/N-ethyl adjacent to an activating group) is 1. The number of rotatable bonds is 3. The minimum Gasteiger partial charge on any atom is -0.493 e. The van der Waals surface area contributed by atoms with Crippen LogP contribution in [-0.4, -0.2) is 62.0 Å². The standard InChI is InChI=1S/C23H27NO5/c1-12(22(26)28-4)9-13-10-18(27-3)20-19-14(13)11-16-15-5-6-17(25)21(29-20)23(15,19)7-8-24(16)2/h5-6,9-10,15-17,21,25H,7-8,11H2,1-4H3/b12-9+/t15-,16+,17-,21-,23-/m0/s1. The first-order chi connectivity index (χ1) is 13.9. The molecule has 1 aromatic rings. The van der Waals surface area contributed by atoms with Gasteiger partial charge in [0.2, 0.25) is 0 Å². The molecule has 2 heterocycles. The molecule has 0 radical (unpaired) electrons. The van der Waals surface area contributed by atoms with Gasteiger partial charge in [0.25, 0.3) is 0 Å². The van der Waals surface area contributed by atoms with Gasteiger partial charge in [-0.15, -0.1) is 0 Å². The number of aliphatic hydroxyl groups is 1. The van der Waals surface area contributed by atoms with Crippen molar-refractivity contribution in [3.05, 3.63) is 40.5 Å². The number of hydrogen-bond donors (Lipinski definition) is 1. The van der Waals surface area contributed by atoms with Crippen molar-refractivity contribution in [1.29, 1.82) is 0 Å². The Labute approximate surface area is 170 Å². The topological polar surface area (TPSA) is 68.2 Å². The van der Waals surface area contributed by atoms with E-state index in [9.17, 15) is 9.90 Å². The van der Waals surface area contributed by atoms with Crippen LogP contribution in [0, 0.1) is 5.92 Å². The lowest BCUT2D eigenvalue weighted by Crippen LogP contribution is -2.64. The van der Waals surface area contributed by atoms with Gasteiger partial charge in [-0.2, -0.15) is 0 Å². The van der Waals surface area contributed by atoms with Gasteiger partial charge in [0, 0.05) is 28.5 Å². The zero-order valence-electron chi connectivity index (χ0n) is 17.3. The molecule has 5 rings (SSSR count). The largest absolute Gasteiger partial charge is 0.493 e. The predicted octanol–water partition coefficient (Wildman–Crippen LogP) is 2.08. The molecule has 29 heavy (non-hydrogen) atoms. The molecule has 1 spiro atoms. The zero-order chi connectivity index (χ0) is 20.5. The molecule has 2 aliphatic carbocycles. The van der Waals surface area contributed by atoms with Gasteiger partial charge in [0.1, 0.15) is 12.2 Å². The van der Waals surface area contributed by atoms with E-state index in [2.05, 4.69) is 18.0 Å². The highest BCUT2D eigenvalue weighted by atomic mass is 16.5. The van der Waals surface area contributed by atoms with Gasteiger partial charge in [0.05, 0.1) is 14.2 Å². The number of aliphatic hydroxyl groups excluding tert-OH is 1. The third kappa shape index (κ3) is 2.33. The van der Waals surface area contributed by atoms with E-state index >= 15 is 0 Å². The summed E-state index contributed by atoms with van der Waals surface area (Å²) in [6.45, 7) is 2.73. The van der Waals surface area contributed by atoms with Gasteiger partial charge in [-0.25, -0.2) is 4.79 Å². The second kappa shape index (κ2) is 6.34. The molecule has 1 N–H and O–H groups in total. The lowest BCUT2D eigenvalue weighted by atomic mass is 9.53. The molecule has 4 aliphatic rings. The van der Waals surface area contributed by atoms with Crippen LogP contribution in [0.2, 0.25) is 0 Å². The number of hydrogen-bond acceptors (Lipinski definition) is 6. The fourth-order valence-electron chi connectivity index (χ4n) is 6.07. The molecular weight excluding hydrogens is 370 g/mol. The molecule has 5 atom stereocenters. The summed E-state index contributed by atoms with van der Waals surface area (Å²) in [6, 6.07) is 2.28. The SMILES string of the molecule is COC(=O)/C(C)=C/c1cc(OC)c2c3c1C[C@@H]1[C@@H]4C=C[C@H](O)[C@H](O2)[C@]34CCN1C. The maximum atomic E-state index is 12.0. The summed E-state index contributed by atoms with van der Waals surface area (Å²) in [4.78, 5) is 14.5. The number of esters is 1. The Hall–Kier alpha value is -2.31. The second-order valence-corrected chi connectivity index (χ2v) is 8.65. The number of likely N-dealkylation sites (tertiary alicyclic amines) is 1. The van der Waals surface area contributed by atoms with Crippen LogP contribution < -0.4 is 9.47 Å². The molecule has 6 nitrogen and oxygen atoms in total. The third-order valence-corrected chi connectivity index (χ3v) is 7.40. The van der Waals surface area contributed by atoms with Crippen molar-refractivity contribution in [3.8, 4) is 11.5 Å². The van der Waals surface area contributed by atoms with E-state index in [-0.39, 0.29) is 23.4 Å². The van der Waals surface area contributed by atoms with Crippen molar-refractivity contribution in [2.24, 2.45) is 5.92 Å². The Balaban J connectivity index is 1.79. The van der Waals surface area contributed by atoms with E-state index < -0.39 is 6.10 Å². The number of piperidine rings is 1. The van der Waals surface area contributed by atoms with E-state index in [0.29, 0.717) is 17.4 Å². The normalized spacial score (nSPS) is 34.4. The fourth-order valence-corrected chi connectivity index (χ4v) is 6.07. The van der Waals surface area contributed by atoms with Crippen LogP contribution in [0.5, 0.6) is 11.5 Å². The minimum absolute atomic E-state index is 0.259. The van der Waals surface area contributed by atoms with E-state index in [1.165, 1.54) is 18.2 Å². The van der Waals surface area contributed by atoms with E-state index in [4.69, 9.17) is 14.2 Å². The molecule has 6 heteroatoms. The van der Waals surface area contributed by atoms with Crippen molar-refractivity contribution in [2.45, 2.75) is 43.4 Å². The summed E-state index contributed by atoms with van der Waals surface area (Å²) in [5, 5.41) is 10.8. The number of methoxy groups -OCH3 is 2. The fraction of sp³-hybridized carbons (Fsp3) is 0.522. The van der Waals surface area contributed by atoms with Gasteiger partial charge in [-0.1, -0.05) is 12.2 Å². The van der Waals surface area contributed by atoms with Crippen LogP contribution in [-0.2, 0) is 21.4 Å². The van der Waals surface area contributed by atoms with E-state index in [0.717, 1.165) is 30.7 Å². The van der Waals surface area contributed by atoms with Gasteiger partial charge < -0.3 is 24.2 Å². The van der Waals surface area contributed by atoms with E-state index in [1.807, 2.05) is 18.2 Å². The molecule has 0 aromatic heterocycles. The van der Waals surface area contributed by atoms with Gasteiger partial charge in [0.15, 0.2) is 11.5 Å². The Morgan fingerprint density at radius 1 is 1.38 bits per heavy atom. The van der Waals surface area contributed by atoms with Crippen LogP contribution in [0.4, 0.5) is 0 Å². The summed E-state index contributed by atoms with van der Waals surface area (Å²) in [7, 11) is 5.20. The van der Waals surface area contributed by atoms with Crippen molar-refractivity contribution in [2.75, 3.05) is 27.8 Å². The second-order valence-electron chi connectivity index (χ2n) is 8.65. The summed E-state index contributed by atoms with van der Waals surface area (Å²) in [5.74, 6) is 1.36. The van der Waals surface area contributed by atoms with Crippen LogP contribution in [0.15, 0.2) is 23.8 Å². The number of carbonyl (C=O) groups is 1. The smallest absolute Gasteiger partial charge is 0.333 e. The monoisotopic (exact) mass is 397 g/mol. The maximum Gasteiger partial charge on any atom is 0.333 e.